The zero-order valence-corrected chi connectivity index (χ0v) is 7.96. The first-order valence-electron chi connectivity index (χ1n) is 5.20. The lowest BCUT2D eigenvalue weighted by Gasteiger charge is -2.13. The van der Waals surface area contributed by atoms with Crippen LogP contribution in [0.2, 0.25) is 0 Å². The van der Waals surface area contributed by atoms with Gasteiger partial charge in [-0.25, -0.2) is 0 Å². The molecule has 2 unspecified atom stereocenters. The van der Waals surface area contributed by atoms with Crippen molar-refractivity contribution in [2.75, 3.05) is 0 Å². The molecule has 0 nitrogen and oxygen atoms in total. The predicted molar refractivity (Wildman–Crippen MR) is 55.7 cm³/mol. The van der Waals surface area contributed by atoms with Crippen molar-refractivity contribution in [3.8, 4) is 0 Å². The van der Waals surface area contributed by atoms with Crippen LogP contribution in [-0.2, 0) is 6.42 Å². The first-order chi connectivity index (χ1) is 6.40. The normalized spacial score (nSPS) is 28.1. The molecule has 1 aromatic rings. The van der Waals surface area contributed by atoms with Gasteiger partial charge in [0.1, 0.15) is 0 Å². The summed E-state index contributed by atoms with van der Waals surface area (Å²) in [7, 11) is 0. The second-order valence-electron chi connectivity index (χ2n) is 4.14. The van der Waals surface area contributed by atoms with Crippen molar-refractivity contribution in [3.05, 3.63) is 41.0 Å². The number of hydrogen-bond acceptors (Lipinski definition) is 0. The molecule has 13 heavy (non-hydrogen) atoms. The zero-order chi connectivity index (χ0) is 8.84. The molecule has 1 aromatic carbocycles. The lowest BCUT2D eigenvalue weighted by molar-refractivity contribution is 0.980. The van der Waals surface area contributed by atoms with Crippen molar-refractivity contribution in [1.29, 1.82) is 0 Å². The van der Waals surface area contributed by atoms with Crippen LogP contribution in [0.1, 0.15) is 36.0 Å². The summed E-state index contributed by atoms with van der Waals surface area (Å²) in [5.41, 5.74) is 4.63. The van der Waals surface area contributed by atoms with Crippen LogP contribution in [0, 0.1) is 5.92 Å². The molecule has 0 heteroatoms. The van der Waals surface area contributed by atoms with E-state index in [1.165, 1.54) is 17.5 Å². The standard InChI is InChI=1S/C13H14/c1-2-9-4-3-5-12-11(9)7-6-10-8-13(10)12/h3-7,10,13H,2,8H2,1H3. The Labute approximate surface area is 79.3 Å². The van der Waals surface area contributed by atoms with Crippen LogP contribution in [0.4, 0.5) is 0 Å². The lowest BCUT2D eigenvalue weighted by Crippen LogP contribution is -1.96. The number of benzene rings is 1. The maximum absolute atomic E-state index is 2.40. The van der Waals surface area contributed by atoms with Gasteiger partial charge in [0.05, 0.1) is 0 Å². The molecule has 1 fully saturated rings. The second-order valence-corrected chi connectivity index (χ2v) is 4.14. The van der Waals surface area contributed by atoms with Crippen LogP contribution < -0.4 is 0 Å². The third kappa shape index (κ3) is 0.980. The smallest absolute Gasteiger partial charge is 0.00868 e. The summed E-state index contributed by atoms with van der Waals surface area (Å²) < 4.78 is 0. The van der Waals surface area contributed by atoms with E-state index in [1.807, 2.05) is 0 Å². The summed E-state index contributed by atoms with van der Waals surface area (Å²) in [6, 6.07) is 6.78. The van der Waals surface area contributed by atoms with Crippen molar-refractivity contribution in [1.82, 2.24) is 0 Å². The fourth-order valence-corrected chi connectivity index (χ4v) is 2.47. The highest BCUT2D eigenvalue weighted by Gasteiger charge is 2.39. The van der Waals surface area contributed by atoms with Gasteiger partial charge in [-0.05, 0) is 41.4 Å². The summed E-state index contributed by atoms with van der Waals surface area (Å²) in [6.45, 7) is 2.24. The van der Waals surface area contributed by atoms with E-state index >= 15 is 0 Å². The highest BCUT2D eigenvalue weighted by Crippen LogP contribution is 2.53. The first kappa shape index (κ1) is 7.37. The molecule has 3 rings (SSSR count). The lowest BCUT2D eigenvalue weighted by atomic mass is 9.92. The van der Waals surface area contributed by atoms with Crippen molar-refractivity contribution in [2.45, 2.75) is 25.7 Å². The molecule has 0 aromatic heterocycles. The van der Waals surface area contributed by atoms with Gasteiger partial charge in [0.2, 0.25) is 0 Å². The number of aryl methyl sites for hydroxylation is 1. The Bertz CT molecular complexity index is 374. The minimum Gasteiger partial charge on any atom is -0.0802 e. The maximum atomic E-state index is 2.40. The van der Waals surface area contributed by atoms with Gasteiger partial charge >= 0.3 is 0 Å². The molecule has 0 radical (unpaired) electrons. The van der Waals surface area contributed by atoms with Gasteiger partial charge in [-0.3, -0.25) is 0 Å². The summed E-state index contributed by atoms with van der Waals surface area (Å²) >= 11 is 0. The molecule has 2 aliphatic carbocycles. The van der Waals surface area contributed by atoms with Gasteiger partial charge in [-0.1, -0.05) is 37.3 Å². The molecular weight excluding hydrogens is 156 g/mol. The van der Waals surface area contributed by atoms with Crippen molar-refractivity contribution < 1.29 is 0 Å². The van der Waals surface area contributed by atoms with Crippen LogP contribution in [0.25, 0.3) is 6.08 Å². The van der Waals surface area contributed by atoms with Gasteiger partial charge < -0.3 is 0 Å². The van der Waals surface area contributed by atoms with Crippen LogP contribution in [0.5, 0.6) is 0 Å². The molecular formula is C13H14. The van der Waals surface area contributed by atoms with Crippen LogP contribution >= 0.6 is 0 Å². The molecule has 0 heterocycles. The highest BCUT2D eigenvalue weighted by molar-refractivity contribution is 5.64. The Morgan fingerprint density at radius 2 is 2.31 bits per heavy atom. The Kier molecular flexibility index (Phi) is 1.40. The number of rotatable bonds is 1. The van der Waals surface area contributed by atoms with Crippen molar-refractivity contribution in [3.63, 3.8) is 0 Å². The van der Waals surface area contributed by atoms with Gasteiger partial charge in [-0.15, -0.1) is 0 Å². The topological polar surface area (TPSA) is 0 Å². The average molecular weight is 170 g/mol. The van der Waals surface area contributed by atoms with E-state index in [2.05, 4.69) is 37.3 Å². The third-order valence-electron chi connectivity index (χ3n) is 3.36. The quantitative estimate of drug-likeness (QED) is 0.606. The number of hydrogen-bond donors (Lipinski definition) is 0. The minimum atomic E-state index is 0.867. The summed E-state index contributed by atoms with van der Waals surface area (Å²) in [5.74, 6) is 1.74. The van der Waals surface area contributed by atoms with Gasteiger partial charge in [0.25, 0.3) is 0 Å². The predicted octanol–water partition coefficient (Wildman–Crippen LogP) is 3.38. The molecule has 1 saturated carbocycles. The fourth-order valence-electron chi connectivity index (χ4n) is 2.47. The number of allylic oxidation sites excluding steroid dienone is 1. The number of fused-ring (bicyclic) bond motifs is 3. The highest BCUT2D eigenvalue weighted by atomic mass is 14.4. The van der Waals surface area contributed by atoms with E-state index in [-0.39, 0.29) is 0 Å². The molecule has 0 saturated heterocycles. The largest absolute Gasteiger partial charge is 0.0802 e. The average Bonchev–Trinajstić information content (AvgIpc) is 2.95. The van der Waals surface area contributed by atoms with E-state index in [1.54, 1.807) is 5.56 Å². The molecule has 2 aliphatic rings. The third-order valence-corrected chi connectivity index (χ3v) is 3.36. The van der Waals surface area contributed by atoms with E-state index in [0.29, 0.717) is 0 Å². The fraction of sp³-hybridized carbons (Fsp3) is 0.385. The zero-order valence-electron chi connectivity index (χ0n) is 7.96. The molecule has 66 valence electrons. The Morgan fingerprint density at radius 1 is 1.38 bits per heavy atom. The Balaban J connectivity index is 2.19. The van der Waals surface area contributed by atoms with Crippen molar-refractivity contribution in [2.24, 2.45) is 5.92 Å². The minimum absolute atomic E-state index is 0.867. The molecule has 0 amide bonds. The maximum Gasteiger partial charge on any atom is -0.00868 e. The Hall–Kier alpha value is -1.04. The summed E-state index contributed by atoms with van der Waals surface area (Å²) in [6.07, 6.45) is 7.27. The Morgan fingerprint density at radius 3 is 3.15 bits per heavy atom. The first-order valence-corrected chi connectivity index (χ1v) is 5.20. The molecule has 0 aliphatic heterocycles. The monoisotopic (exact) mass is 170 g/mol. The summed E-state index contributed by atoms with van der Waals surface area (Å²) in [5, 5.41) is 0. The molecule has 0 spiro atoms. The van der Waals surface area contributed by atoms with Crippen LogP contribution in [-0.4, -0.2) is 0 Å². The van der Waals surface area contributed by atoms with Gasteiger partial charge in [0.15, 0.2) is 0 Å². The summed E-state index contributed by atoms with van der Waals surface area (Å²) in [4.78, 5) is 0. The molecule has 0 bridgehead atoms. The second kappa shape index (κ2) is 2.47. The SMILES string of the molecule is CCc1cccc2c1C=CC1CC21. The van der Waals surface area contributed by atoms with Crippen LogP contribution in [0.15, 0.2) is 24.3 Å². The van der Waals surface area contributed by atoms with E-state index in [0.717, 1.165) is 18.3 Å². The van der Waals surface area contributed by atoms with Gasteiger partial charge in [-0.2, -0.15) is 0 Å². The van der Waals surface area contributed by atoms with Gasteiger partial charge in [0, 0.05) is 0 Å². The van der Waals surface area contributed by atoms with Crippen molar-refractivity contribution >= 4 is 6.08 Å². The van der Waals surface area contributed by atoms with E-state index in [4.69, 9.17) is 0 Å². The van der Waals surface area contributed by atoms with E-state index in [9.17, 15) is 0 Å². The van der Waals surface area contributed by atoms with E-state index < -0.39 is 0 Å². The molecule has 2 atom stereocenters. The van der Waals surface area contributed by atoms with Crippen LogP contribution in [0.3, 0.4) is 0 Å². The molecule has 0 N–H and O–H groups in total.